The van der Waals surface area contributed by atoms with Crippen molar-refractivity contribution in [3.63, 3.8) is 0 Å². The third-order valence-electron chi connectivity index (χ3n) is 4.64. The molecule has 10 heteroatoms. The van der Waals surface area contributed by atoms with Crippen LogP contribution in [0.15, 0.2) is 46.9 Å². The summed E-state index contributed by atoms with van der Waals surface area (Å²) in [4.78, 5) is 16.4. The Morgan fingerprint density at radius 3 is 2.61 bits per heavy atom. The van der Waals surface area contributed by atoms with Crippen molar-refractivity contribution < 1.29 is 27.1 Å². The van der Waals surface area contributed by atoms with E-state index >= 15 is 0 Å². The summed E-state index contributed by atoms with van der Waals surface area (Å²) in [5.74, 6) is 0.298. The summed E-state index contributed by atoms with van der Waals surface area (Å²) in [5, 5.41) is 8.56. The average molecular weight is 475 g/mol. The van der Waals surface area contributed by atoms with Gasteiger partial charge in [-0.15, -0.1) is 21.5 Å². The molecule has 2 aromatic carbocycles. The quantitative estimate of drug-likeness (QED) is 0.319. The van der Waals surface area contributed by atoms with Crippen LogP contribution < -0.4 is 0 Å². The van der Waals surface area contributed by atoms with Gasteiger partial charge in [-0.05, 0) is 41.3 Å². The van der Waals surface area contributed by atoms with E-state index in [9.17, 15) is 18.0 Å². The van der Waals surface area contributed by atoms with Gasteiger partial charge >= 0.3 is 12.1 Å². The second-order valence-electron chi connectivity index (χ2n) is 7.89. The first kappa shape index (κ1) is 22.9. The summed E-state index contributed by atoms with van der Waals surface area (Å²) in [5.41, 5.74) is 1.08. The fraction of sp³-hybridized carbons (Fsp3) is 0.304. The van der Waals surface area contributed by atoms with Crippen LogP contribution in [0.1, 0.15) is 36.2 Å². The lowest BCUT2D eigenvalue weighted by molar-refractivity contribution is -0.144. The number of ether oxygens (including phenoxy) is 1. The highest BCUT2D eigenvalue weighted by atomic mass is 32.1. The summed E-state index contributed by atoms with van der Waals surface area (Å²) >= 11 is 1.43. The predicted octanol–water partition coefficient (Wildman–Crippen LogP) is 5.70. The Bertz CT molecular complexity index is 1280. The number of rotatable bonds is 7. The molecular formula is C23H20F3N3O3S. The number of hydrogen-bond donors (Lipinski definition) is 0. The van der Waals surface area contributed by atoms with Gasteiger partial charge in [0.25, 0.3) is 0 Å². The molecule has 0 aliphatic carbocycles. The zero-order valence-corrected chi connectivity index (χ0v) is 18.7. The summed E-state index contributed by atoms with van der Waals surface area (Å²) in [6.45, 7) is 4.21. The minimum absolute atomic E-state index is 0.0973. The van der Waals surface area contributed by atoms with Crippen molar-refractivity contribution >= 4 is 27.5 Å². The molecule has 2 heterocycles. The van der Waals surface area contributed by atoms with E-state index < -0.39 is 17.7 Å². The zero-order valence-electron chi connectivity index (χ0n) is 17.8. The molecule has 0 atom stereocenters. The van der Waals surface area contributed by atoms with Crippen molar-refractivity contribution in [1.29, 1.82) is 0 Å². The van der Waals surface area contributed by atoms with Crippen LogP contribution in [-0.2, 0) is 28.5 Å². The van der Waals surface area contributed by atoms with Gasteiger partial charge in [0.15, 0.2) is 0 Å². The molecule has 0 spiro atoms. The number of aromatic nitrogens is 3. The molecule has 0 unspecified atom stereocenters. The molecule has 4 aromatic rings. The van der Waals surface area contributed by atoms with E-state index in [2.05, 4.69) is 15.2 Å². The number of halogens is 3. The van der Waals surface area contributed by atoms with Crippen molar-refractivity contribution in [2.24, 2.45) is 5.92 Å². The highest BCUT2D eigenvalue weighted by Gasteiger charge is 2.30. The van der Waals surface area contributed by atoms with Crippen molar-refractivity contribution in [2.75, 3.05) is 6.61 Å². The van der Waals surface area contributed by atoms with E-state index in [1.165, 1.54) is 17.4 Å². The lowest BCUT2D eigenvalue weighted by atomic mass is 10.0. The van der Waals surface area contributed by atoms with Gasteiger partial charge in [0.05, 0.1) is 28.8 Å². The molecule has 0 amide bonds. The van der Waals surface area contributed by atoms with Gasteiger partial charge < -0.3 is 9.15 Å². The van der Waals surface area contributed by atoms with Crippen molar-refractivity contribution in [2.45, 2.75) is 32.9 Å². The van der Waals surface area contributed by atoms with Crippen molar-refractivity contribution in [3.05, 3.63) is 64.8 Å². The van der Waals surface area contributed by atoms with Crippen LogP contribution in [-0.4, -0.2) is 27.8 Å². The molecule has 172 valence electrons. The SMILES string of the molecule is CC(C)COC(=O)Cc1nnc(Cc2nc3cc(-c4cccc(C(F)(F)F)c4)ccc3s2)o1. The van der Waals surface area contributed by atoms with Gasteiger partial charge in [-0.3, -0.25) is 4.79 Å². The van der Waals surface area contributed by atoms with Gasteiger partial charge in [0.1, 0.15) is 11.4 Å². The number of thiazole rings is 1. The standard InChI is InChI=1S/C23H20F3N3O3S/c1-13(2)12-31-22(30)11-20-29-28-19(32-20)10-21-27-17-9-15(6-7-18(17)33-21)14-4-3-5-16(8-14)23(24,25)26/h3-9,13H,10-12H2,1-2H3. The molecule has 2 aromatic heterocycles. The van der Waals surface area contributed by atoms with E-state index in [4.69, 9.17) is 9.15 Å². The Balaban J connectivity index is 1.48. The number of carbonyl (C=O) groups is 1. The smallest absolute Gasteiger partial charge is 0.416 e. The highest BCUT2D eigenvalue weighted by molar-refractivity contribution is 7.18. The minimum Gasteiger partial charge on any atom is -0.465 e. The maximum absolute atomic E-state index is 13.0. The first-order valence-electron chi connectivity index (χ1n) is 10.2. The summed E-state index contributed by atoms with van der Waals surface area (Å²) in [6.07, 6.45) is -4.21. The van der Waals surface area contributed by atoms with Gasteiger partial charge in [0, 0.05) is 0 Å². The number of hydrogen-bond acceptors (Lipinski definition) is 7. The molecular weight excluding hydrogens is 455 g/mol. The second kappa shape index (κ2) is 9.30. The minimum atomic E-state index is -4.40. The third kappa shape index (κ3) is 5.75. The highest BCUT2D eigenvalue weighted by Crippen LogP contribution is 2.34. The van der Waals surface area contributed by atoms with E-state index in [-0.39, 0.29) is 24.7 Å². The van der Waals surface area contributed by atoms with E-state index in [0.29, 0.717) is 34.1 Å². The van der Waals surface area contributed by atoms with Gasteiger partial charge in [-0.1, -0.05) is 32.0 Å². The predicted molar refractivity (Wildman–Crippen MR) is 117 cm³/mol. The lowest BCUT2D eigenvalue weighted by Crippen LogP contribution is -2.12. The van der Waals surface area contributed by atoms with Crippen LogP contribution in [0.25, 0.3) is 21.3 Å². The van der Waals surface area contributed by atoms with Gasteiger partial charge in [-0.2, -0.15) is 13.2 Å². The zero-order chi connectivity index (χ0) is 23.6. The number of benzene rings is 2. The summed E-state index contributed by atoms with van der Waals surface area (Å²) in [7, 11) is 0. The lowest BCUT2D eigenvalue weighted by Gasteiger charge is -2.08. The fourth-order valence-corrected chi connectivity index (χ4v) is 4.04. The summed E-state index contributed by atoms with van der Waals surface area (Å²) in [6, 6.07) is 10.6. The Morgan fingerprint density at radius 1 is 1.09 bits per heavy atom. The molecule has 6 nitrogen and oxygen atoms in total. The van der Waals surface area contributed by atoms with Crippen molar-refractivity contribution in [3.8, 4) is 11.1 Å². The first-order valence-corrected chi connectivity index (χ1v) is 11.0. The molecule has 4 rings (SSSR count). The van der Waals surface area contributed by atoms with Crippen LogP contribution >= 0.6 is 11.3 Å². The number of alkyl halides is 3. The van der Waals surface area contributed by atoms with E-state index in [1.807, 2.05) is 19.9 Å². The molecule has 0 fully saturated rings. The molecule has 33 heavy (non-hydrogen) atoms. The van der Waals surface area contributed by atoms with Gasteiger partial charge in [-0.25, -0.2) is 4.98 Å². The molecule has 0 saturated heterocycles. The van der Waals surface area contributed by atoms with Gasteiger partial charge in [0.2, 0.25) is 11.8 Å². The Labute approximate surface area is 191 Å². The second-order valence-corrected chi connectivity index (χ2v) is 9.00. The van der Waals surface area contributed by atoms with Crippen molar-refractivity contribution in [1.82, 2.24) is 15.2 Å². The molecule has 0 saturated carbocycles. The molecule has 0 aliphatic heterocycles. The first-order chi connectivity index (χ1) is 15.7. The normalized spacial score (nSPS) is 11.9. The largest absolute Gasteiger partial charge is 0.465 e. The summed E-state index contributed by atoms with van der Waals surface area (Å²) < 4.78 is 50.6. The number of nitrogens with zero attached hydrogens (tertiary/aromatic N) is 3. The van der Waals surface area contributed by atoms with E-state index in [1.54, 1.807) is 18.2 Å². The maximum Gasteiger partial charge on any atom is 0.416 e. The number of esters is 1. The van der Waals surface area contributed by atoms with Crippen LogP contribution in [0.5, 0.6) is 0 Å². The van der Waals surface area contributed by atoms with E-state index in [0.717, 1.165) is 16.8 Å². The topological polar surface area (TPSA) is 78.1 Å². The third-order valence-corrected chi connectivity index (χ3v) is 5.68. The Kier molecular flexibility index (Phi) is 6.46. The number of carbonyl (C=O) groups excluding carboxylic acids is 1. The van der Waals surface area contributed by atoms with Crippen LogP contribution in [0, 0.1) is 5.92 Å². The van der Waals surface area contributed by atoms with Crippen LogP contribution in [0.2, 0.25) is 0 Å². The molecule has 0 radical (unpaired) electrons. The monoisotopic (exact) mass is 475 g/mol. The maximum atomic E-state index is 13.0. The van der Waals surface area contributed by atoms with Crippen LogP contribution in [0.3, 0.4) is 0 Å². The van der Waals surface area contributed by atoms with Crippen LogP contribution in [0.4, 0.5) is 13.2 Å². The average Bonchev–Trinajstić information content (AvgIpc) is 3.37. The molecule has 0 N–H and O–H groups in total. The number of fused-ring (bicyclic) bond motifs is 1. The Hall–Kier alpha value is -3.27. The molecule has 0 bridgehead atoms. The fourth-order valence-electron chi connectivity index (χ4n) is 3.10. The molecule has 0 aliphatic rings. The Morgan fingerprint density at radius 2 is 1.85 bits per heavy atom.